The second-order valence-corrected chi connectivity index (χ2v) is 4.94. The van der Waals surface area contributed by atoms with Gasteiger partial charge in [0.15, 0.2) is 4.77 Å². The summed E-state index contributed by atoms with van der Waals surface area (Å²) in [6, 6.07) is 6.01. The van der Waals surface area contributed by atoms with Crippen LogP contribution in [0.25, 0.3) is 0 Å². The quantitative estimate of drug-likeness (QED) is 0.835. The van der Waals surface area contributed by atoms with Crippen LogP contribution < -0.4 is 9.80 Å². The number of pyridine rings is 1. The number of hydrogen-bond acceptors (Lipinski definition) is 5. The number of hydrogen-bond donors (Lipinski definition) is 1. The molecule has 0 radical (unpaired) electrons. The summed E-state index contributed by atoms with van der Waals surface area (Å²) < 4.78 is 2.56. The average molecular weight is 276 g/mol. The van der Waals surface area contributed by atoms with E-state index in [4.69, 9.17) is 12.2 Å². The molecule has 0 amide bonds. The second kappa shape index (κ2) is 5.00. The molecule has 3 rings (SSSR count). The van der Waals surface area contributed by atoms with Crippen molar-refractivity contribution in [2.75, 3.05) is 36.0 Å². The number of piperazine rings is 1. The fraction of sp³-hybridized carbons (Fsp3) is 0.417. The fourth-order valence-electron chi connectivity index (χ4n) is 2.30. The third kappa shape index (κ3) is 2.33. The zero-order valence-electron chi connectivity index (χ0n) is 10.8. The summed E-state index contributed by atoms with van der Waals surface area (Å²) in [5.74, 6) is 1.95. The molecule has 6 nitrogen and oxygen atoms in total. The molecule has 0 bridgehead atoms. The molecular weight excluding hydrogens is 260 g/mol. The van der Waals surface area contributed by atoms with Gasteiger partial charge in [0.1, 0.15) is 5.82 Å². The van der Waals surface area contributed by atoms with E-state index in [1.165, 1.54) is 0 Å². The molecule has 1 aliphatic heterocycles. The van der Waals surface area contributed by atoms with Crippen molar-refractivity contribution in [2.45, 2.75) is 0 Å². The van der Waals surface area contributed by atoms with Gasteiger partial charge in [-0.3, -0.25) is 4.57 Å². The average Bonchev–Trinajstić information content (AvgIpc) is 2.80. The Labute approximate surface area is 116 Å². The predicted octanol–water partition coefficient (Wildman–Crippen LogP) is 1.20. The smallest absolute Gasteiger partial charge is 0.225 e. The zero-order valence-corrected chi connectivity index (χ0v) is 11.6. The van der Waals surface area contributed by atoms with Crippen molar-refractivity contribution < 1.29 is 0 Å². The van der Waals surface area contributed by atoms with Gasteiger partial charge in [0.2, 0.25) is 5.95 Å². The third-order valence-electron chi connectivity index (χ3n) is 3.39. The molecule has 2 aromatic rings. The molecule has 0 saturated carbocycles. The maximum absolute atomic E-state index is 5.14. The molecular formula is C12H16N6S. The summed E-state index contributed by atoms with van der Waals surface area (Å²) in [5, 5.41) is 7.10. The Bertz CT molecular complexity index is 596. The van der Waals surface area contributed by atoms with Crippen LogP contribution in [-0.2, 0) is 7.05 Å². The van der Waals surface area contributed by atoms with E-state index in [0.29, 0.717) is 4.77 Å². The van der Waals surface area contributed by atoms with Gasteiger partial charge in [-0.15, -0.1) is 5.10 Å². The van der Waals surface area contributed by atoms with Gasteiger partial charge in [-0.2, -0.15) is 0 Å². The van der Waals surface area contributed by atoms with Gasteiger partial charge in [0.05, 0.1) is 0 Å². The monoisotopic (exact) mass is 276 g/mol. The van der Waals surface area contributed by atoms with Crippen molar-refractivity contribution in [3.8, 4) is 0 Å². The van der Waals surface area contributed by atoms with E-state index in [-0.39, 0.29) is 0 Å². The normalized spacial score (nSPS) is 15.8. The molecule has 1 aliphatic rings. The SMILES string of the molecule is Cn1c(N2CCN(c3ccccn3)CC2)n[nH]c1=S. The van der Waals surface area contributed by atoms with Crippen molar-refractivity contribution in [1.29, 1.82) is 0 Å². The predicted molar refractivity (Wildman–Crippen MR) is 77.1 cm³/mol. The first-order chi connectivity index (χ1) is 9.25. The van der Waals surface area contributed by atoms with E-state index in [0.717, 1.165) is 37.9 Å². The van der Waals surface area contributed by atoms with Crippen molar-refractivity contribution in [3.05, 3.63) is 29.2 Å². The summed E-state index contributed by atoms with van der Waals surface area (Å²) in [5.41, 5.74) is 0. The lowest BCUT2D eigenvalue weighted by Crippen LogP contribution is -2.47. The molecule has 0 unspecified atom stereocenters. The van der Waals surface area contributed by atoms with E-state index in [2.05, 4.69) is 25.0 Å². The van der Waals surface area contributed by atoms with Crippen LogP contribution in [0.3, 0.4) is 0 Å². The molecule has 2 aromatic heterocycles. The van der Waals surface area contributed by atoms with Crippen LogP contribution in [0.4, 0.5) is 11.8 Å². The first-order valence-corrected chi connectivity index (χ1v) is 6.69. The Kier molecular flexibility index (Phi) is 3.20. The second-order valence-electron chi connectivity index (χ2n) is 4.55. The summed E-state index contributed by atoms with van der Waals surface area (Å²) in [6.07, 6.45) is 1.83. The molecule has 7 heteroatoms. The van der Waals surface area contributed by atoms with Crippen molar-refractivity contribution in [2.24, 2.45) is 7.05 Å². The Morgan fingerprint density at radius 3 is 2.47 bits per heavy atom. The van der Waals surface area contributed by atoms with Gasteiger partial charge in [0, 0.05) is 39.4 Å². The zero-order chi connectivity index (χ0) is 13.2. The number of rotatable bonds is 2. The topological polar surface area (TPSA) is 53.0 Å². The fourth-order valence-corrected chi connectivity index (χ4v) is 2.43. The molecule has 0 aromatic carbocycles. The summed E-state index contributed by atoms with van der Waals surface area (Å²) in [4.78, 5) is 8.92. The van der Waals surface area contributed by atoms with Crippen LogP contribution in [0, 0.1) is 4.77 Å². The van der Waals surface area contributed by atoms with Crippen molar-refractivity contribution >= 4 is 24.0 Å². The molecule has 0 atom stereocenters. The lowest BCUT2D eigenvalue weighted by atomic mass is 10.3. The standard InChI is InChI=1S/C12H16N6S/c1-16-11(14-15-12(16)19)18-8-6-17(7-9-18)10-4-2-3-5-13-10/h2-5H,6-9H2,1H3,(H,15,19). The lowest BCUT2D eigenvalue weighted by molar-refractivity contribution is 0.624. The van der Waals surface area contributed by atoms with E-state index in [1.807, 2.05) is 36.0 Å². The largest absolute Gasteiger partial charge is 0.353 e. The molecule has 19 heavy (non-hydrogen) atoms. The Morgan fingerprint density at radius 2 is 1.89 bits per heavy atom. The van der Waals surface area contributed by atoms with Gasteiger partial charge >= 0.3 is 0 Å². The van der Waals surface area contributed by atoms with Gasteiger partial charge in [0.25, 0.3) is 0 Å². The van der Waals surface area contributed by atoms with Crippen LogP contribution >= 0.6 is 12.2 Å². The summed E-state index contributed by atoms with van der Waals surface area (Å²) >= 11 is 5.14. The van der Waals surface area contributed by atoms with Gasteiger partial charge in [-0.1, -0.05) is 6.07 Å². The Balaban J connectivity index is 1.70. The van der Waals surface area contributed by atoms with Crippen molar-refractivity contribution in [1.82, 2.24) is 19.7 Å². The number of aromatic nitrogens is 4. The Morgan fingerprint density at radius 1 is 1.16 bits per heavy atom. The van der Waals surface area contributed by atoms with E-state index in [9.17, 15) is 0 Å². The number of aromatic amines is 1. The number of H-pyrrole nitrogens is 1. The minimum atomic E-state index is 0.655. The molecule has 100 valence electrons. The molecule has 0 aliphatic carbocycles. The van der Waals surface area contributed by atoms with E-state index < -0.39 is 0 Å². The first-order valence-electron chi connectivity index (χ1n) is 6.28. The summed E-state index contributed by atoms with van der Waals surface area (Å²) in [7, 11) is 1.94. The number of nitrogens with zero attached hydrogens (tertiary/aromatic N) is 5. The minimum Gasteiger partial charge on any atom is -0.353 e. The maximum Gasteiger partial charge on any atom is 0.225 e. The minimum absolute atomic E-state index is 0.655. The van der Waals surface area contributed by atoms with Crippen LogP contribution in [0.2, 0.25) is 0 Å². The first kappa shape index (κ1) is 12.2. The van der Waals surface area contributed by atoms with Crippen LogP contribution in [-0.4, -0.2) is 45.9 Å². The molecule has 3 heterocycles. The molecule has 1 fully saturated rings. The highest BCUT2D eigenvalue weighted by molar-refractivity contribution is 7.71. The van der Waals surface area contributed by atoms with Gasteiger partial charge in [-0.25, -0.2) is 10.1 Å². The van der Waals surface area contributed by atoms with Gasteiger partial charge < -0.3 is 9.80 Å². The molecule has 1 N–H and O–H groups in total. The number of nitrogens with one attached hydrogen (secondary N) is 1. The molecule has 1 saturated heterocycles. The maximum atomic E-state index is 5.14. The third-order valence-corrected chi connectivity index (χ3v) is 3.76. The van der Waals surface area contributed by atoms with Gasteiger partial charge in [-0.05, 0) is 24.4 Å². The highest BCUT2D eigenvalue weighted by atomic mass is 32.1. The Hall–Kier alpha value is -1.89. The van der Waals surface area contributed by atoms with E-state index in [1.54, 1.807) is 0 Å². The summed E-state index contributed by atoms with van der Waals surface area (Å²) in [6.45, 7) is 3.72. The highest BCUT2D eigenvalue weighted by Crippen LogP contribution is 2.16. The molecule has 0 spiro atoms. The number of anilines is 2. The van der Waals surface area contributed by atoms with E-state index >= 15 is 0 Å². The van der Waals surface area contributed by atoms with Crippen LogP contribution in [0.1, 0.15) is 0 Å². The lowest BCUT2D eigenvalue weighted by Gasteiger charge is -2.35. The van der Waals surface area contributed by atoms with Crippen LogP contribution in [0.15, 0.2) is 24.4 Å². The van der Waals surface area contributed by atoms with Crippen LogP contribution in [0.5, 0.6) is 0 Å². The van der Waals surface area contributed by atoms with Crippen molar-refractivity contribution in [3.63, 3.8) is 0 Å². The highest BCUT2D eigenvalue weighted by Gasteiger charge is 2.20.